The third kappa shape index (κ3) is 3.28. The summed E-state index contributed by atoms with van der Waals surface area (Å²) in [7, 11) is 0. The van der Waals surface area contributed by atoms with Crippen molar-refractivity contribution < 1.29 is 14.7 Å². The van der Waals surface area contributed by atoms with Gasteiger partial charge in [0.1, 0.15) is 0 Å². The van der Waals surface area contributed by atoms with Gasteiger partial charge in [0.2, 0.25) is 11.8 Å². The Morgan fingerprint density at radius 1 is 1.50 bits per heavy atom. The molecule has 1 aliphatic heterocycles. The third-order valence-electron chi connectivity index (χ3n) is 2.83. The fourth-order valence-electron chi connectivity index (χ4n) is 1.83. The largest absolute Gasteiger partial charge is 0.396 e. The van der Waals surface area contributed by atoms with Crippen LogP contribution in [-0.2, 0) is 9.59 Å². The summed E-state index contributed by atoms with van der Waals surface area (Å²) in [5.74, 6) is -0.503. The highest BCUT2D eigenvalue weighted by atomic mass is 16.3. The highest BCUT2D eigenvalue weighted by Gasteiger charge is 2.34. The highest BCUT2D eigenvalue weighted by Crippen LogP contribution is 2.22. The minimum absolute atomic E-state index is 0.0131. The molecule has 1 rings (SSSR count). The maximum atomic E-state index is 11.4. The lowest BCUT2D eigenvalue weighted by molar-refractivity contribution is -0.125. The van der Waals surface area contributed by atoms with Crippen molar-refractivity contribution in [3.8, 4) is 0 Å². The molecule has 1 aliphatic rings. The molecule has 0 radical (unpaired) electrons. The van der Waals surface area contributed by atoms with E-state index in [2.05, 4.69) is 10.6 Å². The summed E-state index contributed by atoms with van der Waals surface area (Å²) in [5, 5.41) is 14.4. The van der Waals surface area contributed by atoms with Gasteiger partial charge in [0.15, 0.2) is 0 Å². The van der Waals surface area contributed by atoms with E-state index in [1.807, 2.05) is 20.8 Å². The van der Waals surface area contributed by atoms with Gasteiger partial charge in [-0.25, -0.2) is 0 Å². The fraction of sp³-hybridized carbons (Fsp3) is 0.818. The van der Waals surface area contributed by atoms with Gasteiger partial charge in [0.25, 0.3) is 0 Å². The van der Waals surface area contributed by atoms with Gasteiger partial charge in [-0.1, -0.05) is 20.8 Å². The summed E-state index contributed by atoms with van der Waals surface area (Å²) in [6.45, 7) is 6.18. The molecule has 2 unspecified atom stereocenters. The third-order valence-corrected chi connectivity index (χ3v) is 2.83. The number of hydrogen-bond acceptors (Lipinski definition) is 4. The van der Waals surface area contributed by atoms with Crippen LogP contribution in [0.5, 0.6) is 0 Å². The molecular formula is C11H20N2O3. The summed E-state index contributed by atoms with van der Waals surface area (Å²) >= 11 is 0. The summed E-state index contributed by atoms with van der Waals surface area (Å²) in [5.41, 5.74) is -0.0609. The fourth-order valence-corrected chi connectivity index (χ4v) is 1.83. The van der Waals surface area contributed by atoms with Crippen LogP contribution >= 0.6 is 0 Å². The van der Waals surface area contributed by atoms with E-state index in [1.54, 1.807) is 0 Å². The van der Waals surface area contributed by atoms with E-state index in [0.717, 1.165) is 0 Å². The molecular weight excluding hydrogens is 208 g/mol. The Labute approximate surface area is 95.6 Å². The number of imide groups is 1. The standard InChI is InChI=1S/C11H20N2O3/c1-11(2,3)8(4-5-14)12-7-6-9(15)13-10(7)16/h7-8,12,14H,4-6H2,1-3H3,(H,13,15,16). The van der Waals surface area contributed by atoms with Crippen LogP contribution in [-0.4, -0.2) is 35.6 Å². The average Bonchev–Trinajstić information content (AvgIpc) is 2.43. The second-order valence-corrected chi connectivity index (χ2v) is 5.27. The van der Waals surface area contributed by atoms with Crippen LogP contribution in [0.2, 0.25) is 0 Å². The number of carbonyl (C=O) groups is 2. The first kappa shape index (κ1) is 13.1. The van der Waals surface area contributed by atoms with Gasteiger partial charge in [-0.3, -0.25) is 14.9 Å². The van der Waals surface area contributed by atoms with Gasteiger partial charge in [-0.2, -0.15) is 0 Å². The molecule has 0 saturated carbocycles. The van der Waals surface area contributed by atoms with E-state index in [4.69, 9.17) is 5.11 Å². The summed E-state index contributed by atoms with van der Waals surface area (Å²) in [6.07, 6.45) is 0.762. The lowest BCUT2D eigenvalue weighted by Crippen LogP contribution is -2.49. The Hall–Kier alpha value is -0.940. The monoisotopic (exact) mass is 228 g/mol. The quantitative estimate of drug-likeness (QED) is 0.582. The van der Waals surface area contributed by atoms with Crippen molar-refractivity contribution in [3.63, 3.8) is 0 Å². The predicted molar refractivity (Wildman–Crippen MR) is 59.6 cm³/mol. The molecule has 0 aromatic rings. The Bertz CT molecular complexity index is 283. The SMILES string of the molecule is CC(C)(C)C(CCO)NC1CC(=O)NC1=O. The summed E-state index contributed by atoms with van der Waals surface area (Å²) in [4.78, 5) is 22.4. The molecule has 2 atom stereocenters. The van der Waals surface area contributed by atoms with E-state index >= 15 is 0 Å². The molecule has 1 heterocycles. The Balaban J connectivity index is 2.62. The molecule has 0 aromatic carbocycles. The van der Waals surface area contributed by atoms with Crippen LogP contribution in [0.1, 0.15) is 33.6 Å². The zero-order valence-corrected chi connectivity index (χ0v) is 10.0. The second kappa shape index (κ2) is 4.93. The smallest absolute Gasteiger partial charge is 0.244 e. The topological polar surface area (TPSA) is 78.4 Å². The number of amides is 2. The van der Waals surface area contributed by atoms with Crippen LogP contribution in [0.4, 0.5) is 0 Å². The van der Waals surface area contributed by atoms with Crippen molar-refractivity contribution >= 4 is 11.8 Å². The van der Waals surface area contributed by atoms with E-state index < -0.39 is 6.04 Å². The molecule has 0 aromatic heterocycles. The number of rotatable bonds is 4. The molecule has 1 fully saturated rings. The number of carbonyl (C=O) groups excluding carboxylic acids is 2. The molecule has 2 amide bonds. The zero-order chi connectivity index (χ0) is 12.3. The molecule has 5 nitrogen and oxygen atoms in total. The first-order chi connectivity index (χ1) is 7.34. The van der Waals surface area contributed by atoms with Gasteiger partial charge in [0, 0.05) is 12.6 Å². The van der Waals surface area contributed by atoms with E-state index in [0.29, 0.717) is 6.42 Å². The number of aliphatic hydroxyl groups is 1. The normalized spacial score (nSPS) is 23.4. The zero-order valence-electron chi connectivity index (χ0n) is 10.0. The minimum atomic E-state index is -0.455. The van der Waals surface area contributed by atoms with E-state index in [1.165, 1.54) is 0 Å². The predicted octanol–water partition coefficient (Wildman–Crippen LogP) is -0.212. The van der Waals surface area contributed by atoms with Gasteiger partial charge in [-0.05, 0) is 11.8 Å². The Morgan fingerprint density at radius 2 is 2.12 bits per heavy atom. The van der Waals surface area contributed by atoms with Crippen LogP contribution in [0.15, 0.2) is 0 Å². The van der Waals surface area contributed by atoms with Gasteiger partial charge in [-0.15, -0.1) is 0 Å². The second-order valence-electron chi connectivity index (χ2n) is 5.27. The molecule has 3 N–H and O–H groups in total. The van der Waals surface area contributed by atoms with Gasteiger partial charge < -0.3 is 10.4 Å². The van der Waals surface area contributed by atoms with Gasteiger partial charge >= 0.3 is 0 Å². The van der Waals surface area contributed by atoms with Crippen molar-refractivity contribution in [1.29, 1.82) is 0 Å². The maximum absolute atomic E-state index is 11.4. The minimum Gasteiger partial charge on any atom is -0.396 e. The van der Waals surface area contributed by atoms with E-state index in [-0.39, 0.29) is 36.3 Å². The highest BCUT2D eigenvalue weighted by molar-refractivity contribution is 6.05. The summed E-state index contributed by atoms with van der Waals surface area (Å²) < 4.78 is 0. The molecule has 92 valence electrons. The lowest BCUT2D eigenvalue weighted by atomic mass is 9.84. The van der Waals surface area contributed by atoms with Crippen LogP contribution < -0.4 is 10.6 Å². The Kier molecular flexibility index (Phi) is 4.04. The maximum Gasteiger partial charge on any atom is 0.244 e. The van der Waals surface area contributed by atoms with Crippen molar-refractivity contribution in [2.45, 2.75) is 45.7 Å². The van der Waals surface area contributed by atoms with Crippen LogP contribution in [0, 0.1) is 5.41 Å². The van der Waals surface area contributed by atoms with Crippen LogP contribution in [0.25, 0.3) is 0 Å². The van der Waals surface area contributed by atoms with E-state index in [9.17, 15) is 9.59 Å². The number of hydrogen-bond donors (Lipinski definition) is 3. The molecule has 0 bridgehead atoms. The van der Waals surface area contributed by atoms with Crippen molar-refractivity contribution in [2.75, 3.05) is 6.61 Å². The summed E-state index contributed by atoms with van der Waals surface area (Å²) in [6, 6.07) is -0.442. The molecule has 5 heteroatoms. The van der Waals surface area contributed by atoms with Gasteiger partial charge in [0.05, 0.1) is 12.5 Å². The lowest BCUT2D eigenvalue weighted by Gasteiger charge is -2.32. The number of nitrogens with one attached hydrogen (secondary N) is 2. The molecule has 1 saturated heterocycles. The number of aliphatic hydroxyl groups excluding tert-OH is 1. The first-order valence-corrected chi connectivity index (χ1v) is 5.55. The van der Waals surface area contributed by atoms with Crippen LogP contribution in [0.3, 0.4) is 0 Å². The van der Waals surface area contributed by atoms with Crippen molar-refractivity contribution in [1.82, 2.24) is 10.6 Å². The molecule has 0 spiro atoms. The Morgan fingerprint density at radius 3 is 2.50 bits per heavy atom. The van der Waals surface area contributed by atoms with Crippen molar-refractivity contribution in [3.05, 3.63) is 0 Å². The van der Waals surface area contributed by atoms with Crippen molar-refractivity contribution in [2.24, 2.45) is 5.41 Å². The molecule has 0 aliphatic carbocycles. The average molecular weight is 228 g/mol. The first-order valence-electron chi connectivity index (χ1n) is 5.55. The molecule has 16 heavy (non-hydrogen) atoms.